The highest BCUT2D eigenvalue weighted by atomic mass is 14.2. The van der Waals surface area contributed by atoms with E-state index < -0.39 is 0 Å². The molecule has 0 atom stereocenters. The molecule has 0 spiro atoms. The monoisotopic (exact) mass is 608 g/mol. The second-order valence-corrected chi connectivity index (χ2v) is 12.5. The average Bonchev–Trinajstić information content (AvgIpc) is 3.17. The Bertz CT molecular complexity index is 2530. The van der Waals surface area contributed by atoms with Gasteiger partial charge in [0, 0.05) is 0 Å². The Balaban J connectivity index is 1.35. The predicted molar refractivity (Wildman–Crippen MR) is 208 cm³/mol. The van der Waals surface area contributed by atoms with E-state index in [1.165, 1.54) is 87.6 Å². The van der Waals surface area contributed by atoms with Crippen molar-refractivity contribution in [1.29, 1.82) is 0 Å². The van der Waals surface area contributed by atoms with E-state index in [0.29, 0.717) is 0 Å². The van der Waals surface area contributed by atoms with Crippen LogP contribution in [0.1, 0.15) is 5.56 Å². The Morgan fingerprint density at radius 1 is 0.250 bits per heavy atom. The fraction of sp³-hybridized carbons (Fsp3) is 0. The van der Waals surface area contributed by atoms with Crippen LogP contribution in [0.3, 0.4) is 0 Å². The first-order valence-electron chi connectivity index (χ1n) is 16.6. The largest absolute Gasteiger partial charge is 0.0985 e. The molecule has 9 rings (SSSR count). The lowest BCUT2D eigenvalue weighted by Gasteiger charge is -2.22. The van der Waals surface area contributed by atoms with Crippen molar-refractivity contribution in [1.82, 2.24) is 0 Å². The van der Waals surface area contributed by atoms with Gasteiger partial charge in [0.05, 0.1) is 0 Å². The molecule has 0 unspecified atom stereocenters. The number of hydrogen-bond acceptors (Lipinski definition) is 0. The van der Waals surface area contributed by atoms with E-state index >= 15 is 0 Å². The van der Waals surface area contributed by atoms with Crippen LogP contribution in [0, 0.1) is 0 Å². The van der Waals surface area contributed by atoms with E-state index in [9.17, 15) is 0 Å². The van der Waals surface area contributed by atoms with Gasteiger partial charge in [-0.2, -0.15) is 0 Å². The summed E-state index contributed by atoms with van der Waals surface area (Å²) in [4.78, 5) is 0. The lowest BCUT2D eigenvalue weighted by atomic mass is 9.81. The first-order chi connectivity index (χ1) is 23.8. The van der Waals surface area contributed by atoms with Crippen molar-refractivity contribution in [3.63, 3.8) is 0 Å². The molecule has 224 valence electrons. The summed E-state index contributed by atoms with van der Waals surface area (Å²) in [5.41, 5.74) is 11.1. The van der Waals surface area contributed by atoms with Gasteiger partial charge in [0.15, 0.2) is 0 Å². The van der Waals surface area contributed by atoms with E-state index in [4.69, 9.17) is 0 Å². The molecule has 0 amide bonds. The van der Waals surface area contributed by atoms with Crippen molar-refractivity contribution in [3.8, 4) is 44.5 Å². The predicted octanol–water partition coefficient (Wildman–Crippen LogP) is 13.6. The molecule has 9 aromatic rings. The van der Waals surface area contributed by atoms with Gasteiger partial charge in [0.2, 0.25) is 0 Å². The third-order valence-corrected chi connectivity index (χ3v) is 9.83. The second kappa shape index (κ2) is 11.5. The van der Waals surface area contributed by atoms with Crippen LogP contribution >= 0.6 is 0 Å². The van der Waals surface area contributed by atoms with Gasteiger partial charge < -0.3 is 0 Å². The van der Waals surface area contributed by atoms with E-state index in [2.05, 4.69) is 183 Å². The van der Waals surface area contributed by atoms with Crippen molar-refractivity contribution < 1.29 is 0 Å². The van der Waals surface area contributed by atoms with Gasteiger partial charge in [0.1, 0.15) is 0 Å². The molecule has 9 aromatic carbocycles. The molecule has 0 aliphatic carbocycles. The molecule has 0 aromatic heterocycles. The van der Waals surface area contributed by atoms with Crippen LogP contribution in [0.4, 0.5) is 0 Å². The van der Waals surface area contributed by atoms with Gasteiger partial charge in [-0.05, 0) is 93.2 Å². The molecule has 0 nitrogen and oxygen atoms in total. The summed E-state index contributed by atoms with van der Waals surface area (Å²) in [7, 11) is 0. The zero-order chi connectivity index (χ0) is 32.0. The fourth-order valence-electron chi connectivity index (χ4n) is 7.66. The Kier molecular flexibility index (Phi) is 6.73. The number of fused-ring (bicyclic) bond motifs is 4. The summed E-state index contributed by atoms with van der Waals surface area (Å²) in [6, 6.07) is 64.3. The summed E-state index contributed by atoms with van der Waals surface area (Å²) in [6.45, 7) is 3.90. The maximum absolute atomic E-state index is 3.90. The van der Waals surface area contributed by atoms with E-state index in [-0.39, 0.29) is 0 Å². The summed E-state index contributed by atoms with van der Waals surface area (Å²) in [5, 5.41) is 10.1. The Morgan fingerprint density at radius 2 is 0.521 bits per heavy atom. The van der Waals surface area contributed by atoms with Crippen LogP contribution in [0.2, 0.25) is 0 Å². The number of hydrogen-bond donors (Lipinski definition) is 0. The van der Waals surface area contributed by atoms with Crippen LogP contribution in [-0.2, 0) is 0 Å². The molecule has 0 aliphatic heterocycles. The van der Waals surface area contributed by atoms with Gasteiger partial charge in [-0.3, -0.25) is 0 Å². The van der Waals surface area contributed by atoms with Crippen LogP contribution in [0.15, 0.2) is 183 Å². The summed E-state index contributed by atoms with van der Waals surface area (Å²) >= 11 is 0. The standard InChI is InChI=1S/C48H32/c1-2-32-24-26-33(27-25-32)34-28-30-36(31-29-34)46-39-18-8-12-22-43(39)48(44-23-13-9-19-40(44)46)47-41-20-10-6-16-37(41)45(35-14-4-3-5-15-35)38-17-7-11-21-42(38)47/h2-31H,1H2. The van der Waals surface area contributed by atoms with E-state index in [1.807, 2.05) is 6.08 Å². The van der Waals surface area contributed by atoms with Crippen molar-refractivity contribution >= 4 is 49.2 Å². The average molecular weight is 609 g/mol. The summed E-state index contributed by atoms with van der Waals surface area (Å²) in [5.74, 6) is 0. The van der Waals surface area contributed by atoms with Gasteiger partial charge in [-0.25, -0.2) is 0 Å². The normalized spacial score (nSPS) is 11.4. The van der Waals surface area contributed by atoms with Crippen molar-refractivity contribution in [2.75, 3.05) is 0 Å². The van der Waals surface area contributed by atoms with Crippen LogP contribution in [-0.4, -0.2) is 0 Å². The summed E-state index contributed by atoms with van der Waals surface area (Å²) < 4.78 is 0. The fourth-order valence-corrected chi connectivity index (χ4v) is 7.66. The maximum Gasteiger partial charge on any atom is -0.00139 e. The minimum Gasteiger partial charge on any atom is -0.0985 e. The Hall–Kier alpha value is -6.24. The molecule has 0 N–H and O–H groups in total. The molecular formula is C48H32. The first-order valence-corrected chi connectivity index (χ1v) is 16.6. The van der Waals surface area contributed by atoms with Crippen molar-refractivity contribution in [3.05, 3.63) is 188 Å². The van der Waals surface area contributed by atoms with Gasteiger partial charge in [-0.1, -0.05) is 189 Å². The molecule has 0 fully saturated rings. The van der Waals surface area contributed by atoms with Crippen molar-refractivity contribution in [2.24, 2.45) is 0 Å². The lowest BCUT2D eigenvalue weighted by molar-refractivity contribution is 1.60. The van der Waals surface area contributed by atoms with Gasteiger partial charge in [-0.15, -0.1) is 0 Å². The van der Waals surface area contributed by atoms with E-state index in [1.54, 1.807) is 0 Å². The molecule has 0 bridgehead atoms. The quantitative estimate of drug-likeness (QED) is 0.171. The van der Waals surface area contributed by atoms with Crippen LogP contribution in [0.5, 0.6) is 0 Å². The first kappa shape index (κ1) is 28.0. The molecule has 0 saturated carbocycles. The van der Waals surface area contributed by atoms with Crippen LogP contribution < -0.4 is 0 Å². The molecule has 0 heteroatoms. The minimum absolute atomic E-state index is 1.13. The molecule has 48 heavy (non-hydrogen) atoms. The maximum atomic E-state index is 3.90. The minimum atomic E-state index is 1.13. The zero-order valence-electron chi connectivity index (χ0n) is 26.5. The number of rotatable bonds is 5. The van der Waals surface area contributed by atoms with E-state index in [0.717, 1.165) is 5.56 Å². The molecule has 0 heterocycles. The Morgan fingerprint density at radius 3 is 0.875 bits per heavy atom. The molecule has 0 saturated heterocycles. The highest BCUT2D eigenvalue weighted by molar-refractivity contribution is 6.29. The molecular weight excluding hydrogens is 577 g/mol. The molecule has 0 radical (unpaired) electrons. The van der Waals surface area contributed by atoms with Crippen LogP contribution in [0.25, 0.3) is 93.7 Å². The van der Waals surface area contributed by atoms with Crippen molar-refractivity contribution in [2.45, 2.75) is 0 Å². The molecule has 0 aliphatic rings. The van der Waals surface area contributed by atoms with Gasteiger partial charge in [0.25, 0.3) is 0 Å². The lowest BCUT2D eigenvalue weighted by Crippen LogP contribution is -1.94. The Labute approximate surface area is 280 Å². The third-order valence-electron chi connectivity index (χ3n) is 9.83. The van der Waals surface area contributed by atoms with Gasteiger partial charge >= 0.3 is 0 Å². The summed E-state index contributed by atoms with van der Waals surface area (Å²) in [6.07, 6.45) is 1.88. The number of benzene rings is 9. The topological polar surface area (TPSA) is 0 Å². The zero-order valence-corrected chi connectivity index (χ0v) is 26.5. The highest BCUT2D eigenvalue weighted by Crippen LogP contribution is 2.49. The SMILES string of the molecule is C=Cc1ccc(-c2ccc(-c3c4ccccc4c(-c4c5ccccc5c(-c5ccccc5)c5ccccc45)c4ccccc34)cc2)cc1. The highest BCUT2D eigenvalue weighted by Gasteiger charge is 2.22. The second-order valence-electron chi connectivity index (χ2n) is 12.5. The third kappa shape index (κ3) is 4.46. The smallest absolute Gasteiger partial charge is 0.00139 e.